The summed E-state index contributed by atoms with van der Waals surface area (Å²) in [5.41, 5.74) is -1.73. The van der Waals surface area contributed by atoms with Crippen LogP contribution in [0.1, 0.15) is 95.6 Å². The van der Waals surface area contributed by atoms with E-state index >= 15 is 17.6 Å². The Kier molecular flexibility index (Phi) is 11.5. The molecule has 0 saturated carbocycles. The van der Waals surface area contributed by atoms with Gasteiger partial charge < -0.3 is 4.74 Å². The second kappa shape index (κ2) is 14.4. The lowest BCUT2D eigenvalue weighted by molar-refractivity contribution is -0.0823. The van der Waals surface area contributed by atoms with Gasteiger partial charge in [-0.1, -0.05) is 65.2 Å². The standard InChI is InChI=1S/C30H38F7NO/c1-3-5-6-7-8-9-10-12-20-14-13-19-17-21(27(33)28(34)26(19)30(20,36)37)24-15-16-25(29(35)38-24)39-18-23(32)22(31)11-4-2/h15-17,20,22-23H,3-14,18H2,1-2H3. The van der Waals surface area contributed by atoms with Gasteiger partial charge in [0, 0.05) is 11.5 Å². The van der Waals surface area contributed by atoms with Gasteiger partial charge in [-0.3, -0.25) is 0 Å². The summed E-state index contributed by atoms with van der Waals surface area (Å²) in [6.45, 7) is 3.08. The summed E-state index contributed by atoms with van der Waals surface area (Å²) >= 11 is 0. The highest BCUT2D eigenvalue weighted by molar-refractivity contribution is 5.63. The highest BCUT2D eigenvalue weighted by Gasteiger charge is 2.48. The Balaban J connectivity index is 1.72. The summed E-state index contributed by atoms with van der Waals surface area (Å²) < 4.78 is 108. The predicted molar refractivity (Wildman–Crippen MR) is 138 cm³/mol. The second-order valence-electron chi connectivity index (χ2n) is 10.5. The van der Waals surface area contributed by atoms with Crippen molar-refractivity contribution in [3.05, 3.63) is 46.9 Å². The quantitative estimate of drug-likeness (QED) is 0.123. The smallest absolute Gasteiger partial charge is 0.279 e. The molecule has 1 aromatic heterocycles. The first-order valence-electron chi connectivity index (χ1n) is 14.1. The molecule has 3 atom stereocenters. The Morgan fingerprint density at radius 3 is 2.28 bits per heavy atom. The van der Waals surface area contributed by atoms with Gasteiger partial charge in [-0.2, -0.15) is 4.39 Å². The molecule has 0 amide bonds. The van der Waals surface area contributed by atoms with Crippen LogP contribution in [0.4, 0.5) is 30.7 Å². The molecule has 1 aliphatic rings. The summed E-state index contributed by atoms with van der Waals surface area (Å²) in [6, 6.07) is 3.27. The van der Waals surface area contributed by atoms with Gasteiger partial charge in [0.15, 0.2) is 23.6 Å². The number of aryl methyl sites for hydroxylation is 1. The van der Waals surface area contributed by atoms with Crippen LogP contribution in [0.25, 0.3) is 11.3 Å². The van der Waals surface area contributed by atoms with Gasteiger partial charge in [-0.25, -0.2) is 31.3 Å². The number of benzene rings is 1. The number of pyridine rings is 1. The number of alkyl halides is 4. The zero-order valence-electron chi connectivity index (χ0n) is 22.7. The number of unbranched alkanes of at least 4 members (excludes halogenated alkanes) is 6. The lowest BCUT2D eigenvalue weighted by Crippen LogP contribution is -2.33. The van der Waals surface area contributed by atoms with Crippen molar-refractivity contribution in [2.24, 2.45) is 5.92 Å². The molecular weight excluding hydrogens is 523 g/mol. The molecule has 1 heterocycles. The third-order valence-corrected chi connectivity index (χ3v) is 7.50. The van der Waals surface area contributed by atoms with Crippen molar-refractivity contribution in [1.29, 1.82) is 0 Å². The first-order chi connectivity index (χ1) is 18.6. The highest BCUT2D eigenvalue weighted by Crippen LogP contribution is 2.49. The Hall–Kier alpha value is -2.32. The molecule has 39 heavy (non-hydrogen) atoms. The minimum atomic E-state index is -3.52. The van der Waals surface area contributed by atoms with Gasteiger partial charge >= 0.3 is 0 Å². The molecular formula is C30H38F7NO. The van der Waals surface area contributed by atoms with E-state index in [1.165, 1.54) is 0 Å². The number of ether oxygens (including phenoxy) is 1. The van der Waals surface area contributed by atoms with E-state index in [4.69, 9.17) is 4.74 Å². The van der Waals surface area contributed by atoms with Crippen molar-refractivity contribution in [2.75, 3.05) is 6.61 Å². The van der Waals surface area contributed by atoms with Crippen LogP contribution >= 0.6 is 0 Å². The first-order valence-corrected chi connectivity index (χ1v) is 14.1. The average molecular weight is 562 g/mol. The average Bonchev–Trinajstić information content (AvgIpc) is 2.90. The molecule has 1 aliphatic carbocycles. The van der Waals surface area contributed by atoms with Crippen LogP contribution in [0.15, 0.2) is 18.2 Å². The molecule has 3 rings (SSSR count). The predicted octanol–water partition coefficient (Wildman–Crippen LogP) is 9.82. The van der Waals surface area contributed by atoms with E-state index in [-0.39, 0.29) is 36.9 Å². The lowest BCUT2D eigenvalue weighted by Gasteiger charge is -2.34. The number of hydrogen-bond donors (Lipinski definition) is 0. The third-order valence-electron chi connectivity index (χ3n) is 7.50. The van der Waals surface area contributed by atoms with Crippen LogP contribution in [0, 0.1) is 23.5 Å². The van der Waals surface area contributed by atoms with Gasteiger partial charge in [0.05, 0.1) is 11.3 Å². The van der Waals surface area contributed by atoms with Crippen molar-refractivity contribution in [1.82, 2.24) is 4.98 Å². The molecule has 0 bridgehead atoms. The maximum Gasteiger partial charge on any atom is 0.279 e. The summed E-state index contributed by atoms with van der Waals surface area (Å²) in [6.07, 6.45) is 4.09. The monoisotopic (exact) mass is 561 g/mol. The molecule has 218 valence electrons. The molecule has 0 spiro atoms. The molecule has 0 fully saturated rings. The number of aromatic nitrogens is 1. The molecule has 3 unspecified atom stereocenters. The van der Waals surface area contributed by atoms with E-state index in [2.05, 4.69) is 11.9 Å². The third kappa shape index (κ3) is 7.66. The fraction of sp³-hybridized carbons (Fsp3) is 0.633. The molecule has 9 heteroatoms. The zero-order valence-corrected chi connectivity index (χ0v) is 22.7. The molecule has 0 aliphatic heterocycles. The van der Waals surface area contributed by atoms with E-state index in [9.17, 15) is 13.2 Å². The Labute approximate surface area is 226 Å². The van der Waals surface area contributed by atoms with E-state index in [0.717, 1.165) is 56.7 Å². The van der Waals surface area contributed by atoms with Crippen LogP contribution in [0.5, 0.6) is 5.75 Å². The Bertz CT molecular complexity index is 1080. The van der Waals surface area contributed by atoms with Crippen molar-refractivity contribution in [3.63, 3.8) is 0 Å². The largest absolute Gasteiger partial charge is 0.486 e. The molecule has 2 nitrogen and oxygen atoms in total. The van der Waals surface area contributed by atoms with Gasteiger partial charge in [-0.05, 0) is 49.4 Å². The molecule has 0 radical (unpaired) electrons. The molecule has 0 N–H and O–H groups in total. The SMILES string of the molecule is CCCCCCCCCC1CCc2cc(-c3ccc(OCC(F)C(F)CCC)c(F)n3)c(F)c(F)c2C1(F)F. The van der Waals surface area contributed by atoms with Crippen LogP contribution in [-0.2, 0) is 12.3 Å². The fourth-order valence-electron chi connectivity index (χ4n) is 5.22. The van der Waals surface area contributed by atoms with E-state index in [1.807, 2.05) is 0 Å². The van der Waals surface area contributed by atoms with Gasteiger partial charge in [0.1, 0.15) is 12.8 Å². The minimum absolute atomic E-state index is 0.00766. The Morgan fingerprint density at radius 1 is 0.923 bits per heavy atom. The Morgan fingerprint density at radius 2 is 1.62 bits per heavy atom. The fourth-order valence-corrected chi connectivity index (χ4v) is 5.22. The van der Waals surface area contributed by atoms with Gasteiger partial charge in [-0.15, -0.1) is 0 Å². The van der Waals surface area contributed by atoms with Gasteiger partial charge in [0.25, 0.3) is 11.9 Å². The molecule has 1 aromatic carbocycles. The first kappa shape index (κ1) is 31.2. The number of rotatable bonds is 15. The number of nitrogens with zero attached hydrogens (tertiary/aromatic N) is 1. The van der Waals surface area contributed by atoms with Crippen molar-refractivity contribution in [3.8, 4) is 17.0 Å². The maximum atomic E-state index is 15.3. The van der Waals surface area contributed by atoms with Crippen molar-refractivity contribution < 1.29 is 35.5 Å². The normalized spacial score (nSPS) is 18.0. The van der Waals surface area contributed by atoms with E-state index in [1.54, 1.807) is 6.92 Å². The number of hydrogen-bond acceptors (Lipinski definition) is 2. The number of halogens is 7. The topological polar surface area (TPSA) is 22.1 Å². The lowest BCUT2D eigenvalue weighted by atomic mass is 9.77. The minimum Gasteiger partial charge on any atom is -0.486 e. The zero-order chi connectivity index (χ0) is 28.6. The summed E-state index contributed by atoms with van der Waals surface area (Å²) in [4.78, 5) is 3.58. The summed E-state index contributed by atoms with van der Waals surface area (Å²) in [7, 11) is 0. The number of fused-ring (bicyclic) bond motifs is 1. The molecule has 2 aromatic rings. The summed E-state index contributed by atoms with van der Waals surface area (Å²) in [5.74, 6) is -9.50. The summed E-state index contributed by atoms with van der Waals surface area (Å²) in [5, 5.41) is 0. The van der Waals surface area contributed by atoms with Crippen molar-refractivity contribution >= 4 is 0 Å². The van der Waals surface area contributed by atoms with Crippen LogP contribution in [0.3, 0.4) is 0 Å². The van der Waals surface area contributed by atoms with E-state index in [0.29, 0.717) is 12.8 Å². The van der Waals surface area contributed by atoms with Crippen LogP contribution in [0.2, 0.25) is 0 Å². The highest BCUT2D eigenvalue weighted by atomic mass is 19.3. The van der Waals surface area contributed by atoms with Gasteiger partial charge in [0.2, 0.25) is 0 Å². The van der Waals surface area contributed by atoms with Crippen molar-refractivity contribution in [2.45, 2.75) is 109 Å². The molecule has 0 saturated heterocycles. The second-order valence-corrected chi connectivity index (χ2v) is 10.5. The van der Waals surface area contributed by atoms with Crippen LogP contribution in [-0.4, -0.2) is 23.9 Å². The van der Waals surface area contributed by atoms with E-state index < -0.39 is 65.2 Å². The maximum absolute atomic E-state index is 15.3. The van der Waals surface area contributed by atoms with Crippen LogP contribution < -0.4 is 4.74 Å².